The van der Waals surface area contributed by atoms with Crippen LogP contribution in [0.3, 0.4) is 0 Å². The molecule has 1 fully saturated rings. The van der Waals surface area contributed by atoms with Gasteiger partial charge in [-0.15, -0.1) is 0 Å². The highest BCUT2D eigenvalue weighted by atomic mass is 35.5. The number of benzene rings is 2. The Kier molecular flexibility index (Phi) is 7.84. The lowest BCUT2D eigenvalue weighted by Crippen LogP contribution is -2.45. The first-order valence-electron chi connectivity index (χ1n) is 11.5. The number of hydrogen-bond acceptors (Lipinski definition) is 7. The van der Waals surface area contributed by atoms with Crippen LogP contribution < -0.4 is 14.8 Å². The summed E-state index contributed by atoms with van der Waals surface area (Å²) in [5, 5.41) is 3.86. The first-order valence-corrected chi connectivity index (χ1v) is 13.2. The second kappa shape index (κ2) is 10.7. The molecule has 0 atom stereocenters. The smallest absolute Gasteiger partial charge is 0.281 e. The highest BCUT2D eigenvalue weighted by molar-refractivity contribution is 7.86. The van der Waals surface area contributed by atoms with Gasteiger partial charge in [-0.1, -0.05) is 11.6 Å². The molecule has 1 aliphatic rings. The summed E-state index contributed by atoms with van der Waals surface area (Å²) in [6.07, 6.45) is 4.10. The summed E-state index contributed by atoms with van der Waals surface area (Å²) >= 11 is 5.92. The van der Waals surface area contributed by atoms with Gasteiger partial charge in [0.25, 0.3) is 10.2 Å². The van der Waals surface area contributed by atoms with Crippen molar-refractivity contribution >= 4 is 44.2 Å². The van der Waals surface area contributed by atoms with Crippen LogP contribution >= 0.6 is 11.6 Å². The Hall–Kier alpha value is -2.73. The van der Waals surface area contributed by atoms with Gasteiger partial charge >= 0.3 is 0 Å². The molecule has 0 unspecified atom stereocenters. The number of anilines is 2. The number of fused-ring (bicyclic) bond motifs is 1. The van der Waals surface area contributed by atoms with Gasteiger partial charge in [0.2, 0.25) is 0 Å². The molecule has 0 amide bonds. The minimum atomic E-state index is -3.47. The third kappa shape index (κ3) is 5.49. The first kappa shape index (κ1) is 26.3. The molecule has 12 heteroatoms. The fraction of sp³-hybridized carbons (Fsp3) is 0.417. The maximum atomic E-state index is 13.6. The number of aromatic nitrogens is 2. The molecule has 1 heterocycles. The standard InChI is InChI=1S/C24H29ClFN5O4S/c1-30(2)36(32,33)31(3)16-6-8-17(9-7-16)35-23-12-18-21(13-22(23)34-4)27-14-28-24(18)29-15-5-10-20(26)19(25)11-15/h5,10-14,16-17H,6-9H2,1-4H3,(H,27,28,29). The van der Waals surface area contributed by atoms with Gasteiger partial charge in [-0.3, -0.25) is 0 Å². The molecule has 0 radical (unpaired) electrons. The molecule has 0 bridgehead atoms. The molecule has 4 rings (SSSR count). The first-order chi connectivity index (χ1) is 17.1. The fourth-order valence-corrected chi connectivity index (χ4v) is 5.56. The highest BCUT2D eigenvalue weighted by Gasteiger charge is 2.32. The molecule has 1 aromatic heterocycles. The van der Waals surface area contributed by atoms with Crippen LogP contribution in [0.4, 0.5) is 15.9 Å². The number of halogens is 2. The predicted molar refractivity (Wildman–Crippen MR) is 138 cm³/mol. The maximum absolute atomic E-state index is 13.6. The Morgan fingerprint density at radius 1 is 1.06 bits per heavy atom. The summed E-state index contributed by atoms with van der Waals surface area (Å²) in [6.45, 7) is 0. The SMILES string of the molecule is COc1cc2ncnc(Nc3ccc(F)c(Cl)c3)c2cc1OC1CCC(N(C)S(=O)(=O)N(C)C)CC1. The van der Waals surface area contributed by atoms with E-state index in [2.05, 4.69) is 15.3 Å². The summed E-state index contributed by atoms with van der Waals surface area (Å²) in [7, 11) is 2.78. The van der Waals surface area contributed by atoms with E-state index in [4.69, 9.17) is 21.1 Å². The number of rotatable bonds is 8. The Bertz CT molecular complexity index is 1350. The van der Waals surface area contributed by atoms with Gasteiger partial charge in [0.05, 0.1) is 23.8 Å². The Balaban J connectivity index is 1.54. The summed E-state index contributed by atoms with van der Waals surface area (Å²) < 4.78 is 53.0. The van der Waals surface area contributed by atoms with Gasteiger partial charge in [-0.05, 0) is 49.9 Å². The Morgan fingerprint density at radius 3 is 2.42 bits per heavy atom. The number of nitrogens with one attached hydrogen (secondary N) is 1. The van der Waals surface area contributed by atoms with Crippen LogP contribution in [0.5, 0.6) is 11.5 Å². The van der Waals surface area contributed by atoms with Crippen molar-refractivity contribution in [3.05, 3.63) is 47.5 Å². The van der Waals surface area contributed by atoms with Crippen LogP contribution in [0, 0.1) is 5.82 Å². The van der Waals surface area contributed by atoms with E-state index >= 15 is 0 Å². The molecule has 3 aromatic rings. The third-order valence-corrected chi connectivity index (χ3v) is 8.62. The lowest BCUT2D eigenvalue weighted by Gasteiger charge is -2.35. The van der Waals surface area contributed by atoms with Crippen LogP contribution in [0.15, 0.2) is 36.7 Å². The van der Waals surface area contributed by atoms with Crippen molar-refractivity contribution in [1.82, 2.24) is 18.6 Å². The van der Waals surface area contributed by atoms with Crippen molar-refractivity contribution in [2.75, 3.05) is 33.6 Å². The van der Waals surface area contributed by atoms with E-state index in [1.165, 1.54) is 41.2 Å². The zero-order chi connectivity index (χ0) is 26.0. The zero-order valence-corrected chi connectivity index (χ0v) is 22.1. The molecule has 1 aliphatic carbocycles. The molecular weight excluding hydrogens is 509 g/mol. The van der Waals surface area contributed by atoms with Crippen molar-refractivity contribution in [2.45, 2.75) is 37.8 Å². The van der Waals surface area contributed by atoms with E-state index in [0.717, 1.165) is 0 Å². The van der Waals surface area contributed by atoms with E-state index in [1.54, 1.807) is 26.3 Å². The molecule has 194 valence electrons. The maximum Gasteiger partial charge on any atom is 0.281 e. The second-order valence-corrected chi connectivity index (χ2v) is 11.5. The predicted octanol–water partition coefficient (Wildman–Crippen LogP) is 4.60. The lowest BCUT2D eigenvalue weighted by molar-refractivity contribution is 0.120. The topological polar surface area (TPSA) is 96.9 Å². The third-order valence-electron chi connectivity index (χ3n) is 6.38. The monoisotopic (exact) mass is 537 g/mol. The van der Waals surface area contributed by atoms with Crippen LogP contribution in [0.25, 0.3) is 10.9 Å². The fourth-order valence-electron chi connectivity index (χ4n) is 4.28. The van der Waals surface area contributed by atoms with Gasteiger partial charge in [-0.25, -0.2) is 14.4 Å². The van der Waals surface area contributed by atoms with E-state index in [9.17, 15) is 12.8 Å². The van der Waals surface area contributed by atoms with Gasteiger partial charge in [0.1, 0.15) is 18.0 Å². The summed E-state index contributed by atoms with van der Waals surface area (Å²) in [4.78, 5) is 8.68. The van der Waals surface area contributed by atoms with E-state index < -0.39 is 16.0 Å². The van der Waals surface area contributed by atoms with Gasteiger partial charge in [0, 0.05) is 44.3 Å². The molecule has 0 aliphatic heterocycles. The molecule has 9 nitrogen and oxygen atoms in total. The summed E-state index contributed by atoms with van der Waals surface area (Å²) in [5.74, 6) is 1.08. The lowest BCUT2D eigenvalue weighted by atomic mass is 9.93. The average Bonchev–Trinajstić information content (AvgIpc) is 2.86. The minimum absolute atomic E-state index is 0.00341. The van der Waals surface area contributed by atoms with E-state index in [1.807, 2.05) is 6.07 Å². The summed E-state index contributed by atoms with van der Waals surface area (Å²) in [5.41, 5.74) is 1.22. The van der Waals surface area contributed by atoms with Gasteiger partial charge < -0.3 is 14.8 Å². The number of methoxy groups -OCH3 is 1. The van der Waals surface area contributed by atoms with Crippen molar-refractivity contribution in [3.63, 3.8) is 0 Å². The number of ether oxygens (including phenoxy) is 2. The molecule has 1 N–H and O–H groups in total. The van der Waals surface area contributed by atoms with Crippen molar-refractivity contribution in [2.24, 2.45) is 0 Å². The molecule has 36 heavy (non-hydrogen) atoms. The Labute approximate surface area is 215 Å². The number of nitrogens with zero attached hydrogens (tertiary/aromatic N) is 4. The van der Waals surface area contributed by atoms with E-state index in [0.29, 0.717) is 59.6 Å². The van der Waals surface area contributed by atoms with Crippen molar-refractivity contribution in [1.29, 1.82) is 0 Å². The minimum Gasteiger partial charge on any atom is -0.493 e. The molecule has 0 saturated heterocycles. The largest absolute Gasteiger partial charge is 0.493 e. The summed E-state index contributed by atoms with van der Waals surface area (Å²) in [6, 6.07) is 7.85. The van der Waals surface area contributed by atoms with Crippen molar-refractivity contribution in [3.8, 4) is 11.5 Å². The molecule has 1 saturated carbocycles. The highest BCUT2D eigenvalue weighted by Crippen LogP contribution is 2.37. The molecule has 0 spiro atoms. The van der Waals surface area contributed by atoms with Crippen LogP contribution in [-0.4, -0.2) is 67.4 Å². The normalized spacial score (nSPS) is 18.6. The van der Waals surface area contributed by atoms with Crippen LogP contribution in [0.2, 0.25) is 5.02 Å². The molecule has 2 aromatic carbocycles. The van der Waals surface area contributed by atoms with Gasteiger partial charge in [-0.2, -0.15) is 17.0 Å². The van der Waals surface area contributed by atoms with Gasteiger partial charge in [0.15, 0.2) is 11.5 Å². The van der Waals surface area contributed by atoms with Crippen LogP contribution in [-0.2, 0) is 10.2 Å². The number of hydrogen-bond donors (Lipinski definition) is 1. The zero-order valence-electron chi connectivity index (χ0n) is 20.5. The van der Waals surface area contributed by atoms with E-state index in [-0.39, 0.29) is 17.2 Å². The van der Waals surface area contributed by atoms with Crippen molar-refractivity contribution < 1.29 is 22.3 Å². The molecular formula is C24H29ClFN5O4S. The Morgan fingerprint density at radius 2 is 1.78 bits per heavy atom. The quantitative estimate of drug-likeness (QED) is 0.448. The average molecular weight is 538 g/mol. The second-order valence-electron chi connectivity index (χ2n) is 8.85. The van der Waals surface area contributed by atoms with Crippen LogP contribution in [0.1, 0.15) is 25.7 Å².